The van der Waals surface area contributed by atoms with Gasteiger partial charge < -0.3 is 0 Å². The normalized spacial score (nSPS) is 7.20. The Hall–Kier alpha value is 1.61. The molecule has 0 fully saturated rings. The molecule has 0 amide bonds. The van der Waals surface area contributed by atoms with Crippen LogP contribution in [0, 0.1) is 0 Å². The summed E-state index contributed by atoms with van der Waals surface area (Å²) in [5, 5.41) is 0. The fourth-order valence-corrected chi connectivity index (χ4v) is 0. The van der Waals surface area contributed by atoms with E-state index >= 15 is 0 Å². The van der Waals surface area contributed by atoms with E-state index in [1.807, 2.05) is 0 Å². The van der Waals surface area contributed by atoms with E-state index in [2.05, 4.69) is 0 Å². The Morgan fingerprint density at radius 3 is 1.00 bits per heavy atom. The van der Waals surface area contributed by atoms with E-state index in [-0.39, 0.29) is 29.6 Å². The number of hydrogen-bond donors (Lipinski definition) is 0. The monoisotopic (exact) mass is 201 g/mol. The fraction of sp³-hybridized carbons (Fsp3) is 0. The maximum atomic E-state index is 9.85. The average Bonchev–Trinajstić information content (AvgIpc) is 0.811. The molecule has 0 unspecified atom stereocenters. The van der Waals surface area contributed by atoms with Crippen molar-refractivity contribution >= 4 is 51.5 Å². The Bertz CT molecular complexity index is 11.6. The van der Waals surface area contributed by atoms with Crippen LogP contribution >= 0.6 is 0 Å². The Morgan fingerprint density at radius 1 is 1.00 bits per heavy atom. The van der Waals surface area contributed by atoms with Crippen LogP contribution in [0.5, 0.6) is 0 Å². The van der Waals surface area contributed by atoms with Crippen LogP contribution in [0.25, 0.3) is 0 Å². The molecule has 0 aliphatic heterocycles. The molecule has 0 nitrogen and oxygen atoms in total. The van der Waals surface area contributed by atoms with Crippen molar-refractivity contribution in [2.45, 2.75) is 0 Å². The first-order valence-corrected chi connectivity index (χ1v) is 3.40. The van der Waals surface area contributed by atoms with Gasteiger partial charge in [-0.15, -0.1) is 0 Å². The predicted molar refractivity (Wildman–Crippen MR) is 14.8 cm³/mol. The predicted octanol–water partition coefficient (Wildman–Crippen LogP) is 0.499. The summed E-state index contributed by atoms with van der Waals surface area (Å²) in [7, 11) is 0. The fourth-order valence-electron chi connectivity index (χ4n) is 0. The molecule has 0 aliphatic carbocycles. The molecule has 0 aromatic carbocycles. The summed E-state index contributed by atoms with van der Waals surface area (Å²) in [4.78, 5) is 0. The van der Waals surface area contributed by atoms with Crippen LogP contribution in [0.15, 0.2) is 0 Å². The number of rotatable bonds is 0. The van der Waals surface area contributed by atoms with Gasteiger partial charge in [-0.1, -0.05) is 0 Å². The van der Waals surface area contributed by atoms with Gasteiger partial charge in [0, 0.05) is 29.6 Å². The van der Waals surface area contributed by atoms with E-state index in [4.69, 9.17) is 0 Å². The molecular weight excluding hydrogens is 202 g/mol. The summed E-state index contributed by atoms with van der Waals surface area (Å²) < 4.78 is 29.6. The van der Waals surface area contributed by atoms with Gasteiger partial charge >= 0.3 is 30.4 Å². The van der Waals surface area contributed by atoms with Crippen molar-refractivity contribution in [1.29, 1.82) is 0 Å². The summed E-state index contributed by atoms with van der Waals surface area (Å²) >= 11 is -4.95. The third-order valence-electron chi connectivity index (χ3n) is 0. The van der Waals surface area contributed by atoms with Crippen molar-refractivity contribution in [2.75, 3.05) is 0 Å². The van der Waals surface area contributed by atoms with E-state index in [1.165, 1.54) is 0 Å². The Kier molecular flexibility index (Phi) is 11.0. The van der Waals surface area contributed by atoms with E-state index in [0.29, 0.717) is 0 Å². The van der Waals surface area contributed by atoms with Crippen LogP contribution in [0.4, 0.5) is 8.44 Å². The quantitative estimate of drug-likeness (QED) is 0.501. The summed E-state index contributed by atoms with van der Waals surface area (Å²) in [5.74, 6) is 0. The smallest absolute Gasteiger partial charge is 0 e. The van der Waals surface area contributed by atoms with Crippen LogP contribution in [0.3, 0.4) is 0 Å². The van der Waals surface area contributed by atoms with Crippen molar-refractivity contribution in [3.63, 3.8) is 0 Å². The van der Waals surface area contributed by atoms with E-state index < -0.39 is 22.0 Å². The SMILES string of the molecule is [F][Sb]([F])[F].[Na]. The molecule has 0 heterocycles. The summed E-state index contributed by atoms with van der Waals surface area (Å²) in [6.45, 7) is 0. The molecule has 0 saturated carbocycles. The molecule has 5 heavy (non-hydrogen) atoms. The molecule has 5 heteroatoms. The minimum atomic E-state index is -4.95. The maximum Gasteiger partial charge on any atom is 0 e. The van der Waals surface area contributed by atoms with E-state index in [9.17, 15) is 8.44 Å². The summed E-state index contributed by atoms with van der Waals surface area (Å²) in [6.07, 6.45) is 0. The van der Waals surface area contributed by atoms with Crippen LogP contribution in [0.2, 0.25) is 0 Å². The molecule has 0 saturated heterocycles. The Labute approximate surface area is 59.4 Å². The van der Waals surface area contributed by atoms with Gasteiger partial charge in [0.05, 0.1) is 0 Å². The average molecular weight is 202 g/mol. The second-order valence-electron chi connectivity index (χ2n) is 0.192. The molecule has 0 aromatic heterocycles. The maximum absolute atomic E-state index is 9.85. The molecule has 0 aromatic rings. The van der Waals surface area contributed by atoms with Crippen molar-refractivity contribution in [3.05, 3.63) is 0 Å². The molecule has 0 N–H and O–H groups in total. The minimum Gasteiger partial charge on any atom is 0 e. The van der Waals surface area contributed by atoms with Gasteiger partial charge in [-0.05, 0) is 0 Å². The van der Waals surface area contributed by atoms with Gasteiger partial charge in [-0.25, -0.2) is 0 Å². The number of halogens is 3. The van der Waals surface area contributed by atoms with Crippen LogP contribution in [-0.4, -0.2) is 51.5 Å². The first-order valence-electron chi connectivity index (χ1n) is 0.507. The molecule has 0 aliphatic rings. The topological polar surface area (TPSA) is 0 Å². The van der Waals surface area contributed by atoms with Gasteiger partial charge in [0.1, 0.15) is 0 Å². The van der Waals surface area contributed by atoms with E-state index in [0.717, 1.165) is 0 Å². The van der Waals surface area contributed by atoms with Crippen LogP contribution in [0.1, 0.15) is 0 Å². The van der Waals surface area contributed by atoms with E-state index in [1.54, 1.807) is 0 Å². The molecule has 0 rings (SSSR count). The van der Waals surface area contributed by atoms with Crippen molar-refractivity contribution < 1.29 is 8.44 Å². The largest absolute Gasteiger partial charge is 0 e. The van der Waals surface area contributed by atoms with Gasteiger partial charge in [-0.3, -0.25) is 0 Å². The van der Waals surface area contributed by atoms with Crippen molar-refractivity contribution in [3.8, 4) is 0 Å². The van der Waals surface area contributed by atoms with Crippen LogP contribution < -0.4 is 0 Å². The zero-order chi connectivity index (χ0) is 3.58. The van der Waals surface area contributed by atoms with Gasteiger partial charge in [-0.2, -0.15) is 0 Å². The molecule has 0 atom stereocenters. The van der Waals surface area contributed by atoms with Gasteiger partial charge in [0.2, 0.25) is 0 Å². The van der Waals surface area contributed by atoms with Gasteiger partial charge in [0.25, 0.3) is 0 Å². The number of hydrogen-bond acceptors (Lipinski definition) is 0. The standard InChI is InChI=1S/3FH.Na.Sb/h3*1H;;/q;;;;+3/p-3. The van der Waals surface area contributed by atoms with Crippen LogP contribution in [-0.2, 0) is 0 Å². The zero-order valence-corrected chi connectivity index (χ0v) is 7.13. The summed E-state index contributed by atoms with van der Waals surface area (Å²) in [6, 6.07) is 0. The first kappa shape index (κ1) is 9.79. The molecule has 27 valence electrons. The van der Waals surface area contributed by atoms with Gasteiger partial charge in [0.15, 0.2) is 0 Å². The minimum absolute atomic E-state index is 0. The summed E-state index contributed by atoms with van der Waals surface area (Å²) in [5.41, 5.74) is 0. The molecule has 0 spiro atoms. The Balaban J connectivity index is 0. The second-order valence-corrected chi connectivity index (χ2v) is 1.29. The first-order chi connectivity index (χ1) is 1.73. The molecular formula is F3NaSb. The van der Waals surface area contributed by atoms with Crippen molar-refractivity contribution in [1.82, 2.24) is 0 Å². The Morgan fingerprint density at radius 2 is 1.00 bits per heavy atom. The molecule has 1 radical (unpaired) electrons. The molecule has 0 bridgehead atoms. The van der Waals surface area contributed by atoms with Crippen molar-refractivity contribution in [2.24, 2.45) is 0 Å². The third-order valence-corrected chi connectivity index (χ3v) is 0. The third kappa shape index (κ3) is 28.2. The second kappa shape index (κ2) is 5.61. The zero-order valence-electron chi connectivity index (χ0n) is 2.58.